The maximum absolute atomic E-state index is 10.9. The Hall–Kier alpha value is -1.63. The topological polar surface area (TPSA) is 113 Å². The van der Waals surface area contributed by atoms with E-state index >= 15 is 0 Å². The fourth-order valence-electron chi connectivity index (χ4n) is 5.35. The molecular weight excluding hydrogens is 370 g/mol. The van der Waals surface area contributed by atoms with Crippen LogP contribution in [-0.2, 0) is 17.6 Å². The van der Waals surface area contributed by atoms with E-state index in [1.54, 1.807) is 6.07 Å². The first-order valence-electron chi connectivity index (χ1n) is 11.0. The Morgan fingerprint density at radius 3 is 2.86 bits per heavy atom. The lowest BCUT2D eigenvalue weighted by Gasteiger charge is -2.42. The van der Waals surface area contributed by atoms with Crippen LogP contribution >= 0.6 is 0 Å². The first kappa shape index (κ1) is 22.1. The van der Waals surface area contributed by atoms with Gasteiger partial charge in [0.05, 0.1) is 12.2 Å². The molecule has 0 unspecified atom stereocenters. The number of carbonyl (C=O) groups is 1. The van der Waals surface area contributed by atoms with Gasteiger partial charge in [0.25, 0.3) is 0 Å². The van der Waals surface area contributed by atoms with Gasteiger partial charge in [0.15, 0.2) is 6.61 Å². The number of benzene rings is 1. The monoisotopic (exact) mass is 405 g/mol. The number of aliphatic hydroxyl groups is 2. The normalized spacial score (nSPS) is 29.2. The lowest BCUT2D eigenvalue weighted by atomic mass is 9.68. The molecule has 0 aromatic heterocycles. The molecule has 0 bridgehead atoms. The number of aliphatic carboxylic acids is 1. The molecule has 2 aliphatic rings. The maximum Gasteiger partial charge on any atom is 0.341 e. The van der Waals surface area contributed by atoms with Crippen LogP contribution in [0.15, 0.2) is 18.2 Å². The average molecular weight is 406 g/mol. The zero-order chi connectivity index (χ0) is 21.0. The summed E-state index contributed by atoms with van der Waals surface area (Å²) in [5.74, 6) is -0.302. The summed E-state index contributed by atoms with van der Waals surface area (Å²) in [7, 11) is 0. The number of carboxylic acid groups (broad SMARTS) is 1. The van der Waals surface area contributed by atoms with Crippen LogP contribution in [-0.4, -0.2) is 45.6 Å². The van der Waals surface area contributed by atoms with Gasteiger partial charge in [0.2, 0.25) is 0 Å². The molecule has 29 heavy (non-hydrogen) atoms. The van der Waals surface area contributed by atoms with E-state index in [1.807, 2.05) is 12.1 Å². The van der Waals surface area contributed by atoms with Crippen molar-refractivity contribution in [1.82, 2.24) is 0 Å². The van der Waals surface area contributed by atoms with E-state index in [0.717, 1.165) is 43.2 Å². The molecule has 1 fully saturated rings. The lowest BCUT2D eigenvalue weighted by Crippen LogP contribution is -2.54. The van der Waals surface area contributed by atoms with Crippen molar-refractivity contribution in [2.75, 3.05) is 6.61 Å². The molecule has 0 radical (unpaired) electrons. The van der Waals surface area contributed by atoms with E-state index in [9.17, 15) is 15.0 Å². The van der Waals surface area contributed by atoms with Crippen LogP contribution in [0.5, 0.6) is 5.75 Å². The summed E-state index contributed by atoms with van der Waals surface area (Å²) >= 11 is 0. The van der Waals surface area contributed by atoms with E-state index in [2.05, 4.69) is 6.92 Å². The molecule has 1 aromatic rings. The standard InChI is InChI=1S/C23H35NO5/c1-2-3-4-7-17(25)9-10-19-20(26)12-16-11-18-15(13-23(16,19)24)6-5-8-21(18)29-14-22(27)28/h5-6,8,16-17,19-20,25-26H,2-4,7,9-14,24H2,1H3,(H,27,28)/t16-,17-,19-,20+,23+/m0/s1. The third-order valence-corrected chi connectivity index (χ3v) is 6.92. The van der Waals surface area contributed by atoms with Crippen LogP contribution in [0.4, 0.5) is 0 Å². The van der Waals surface area contributed by atoms with Gasteiger partial charge in [-0.3, -0.25) is 0 Å². The van der Waals surface area contributed by atoms with Crippen molar-refractivity contribution in [3.8, 4) is 5.75 Å². The third-order valence-electron chi connectivity index (χ3n) is 6.92. The van der Waals surface area contributed by atoms with Crippen molar-refractivity contribution in [3.63, 3.8) is 0 Å². The number of carboxylic acids is 1. The Kier molecular flexibility index (Phi) is 7.19. The predicted octanol–water partition coefficient (Wildman–Crippen LogP) is 2.66. The quantitative estimate of drug-likeness (QED) is 0.445. The average Bonchev–Trinajstić information content (AvgIpc) is 2.91. The smallest absolute Gasteiger partial charge is 0.341 e. The van der Waals surface area contributed by atoms with Gasteiger partial charge in [-0.05, 0) is 61.6 Å². The molecule has 162 valence electrons. The van der Waals surface area contributed by atoms with E-state index in [1.165, 1.54) is 0 Å². The molecule has 6 nitrogen and oxygen atoms in total. The Balaban J connectivity index is 1.69. The summed E-state index contributed by atoms with van der Waals surface area (Å²) in [6.45, 7) is 1.79. The summed E-state index contributed by atoms with van der Waals surface area (Å²) in [4.78, 5) is 10.9. The molecule has 1 saturated carbocycles. The first-order chi connectivity index (χ1) is 13.8. The van der Waals surface area contributed by atoms with Gasteiger partial charge in [-0.15, -0.1) is 0 Å². The van der Waals surface area contributed by atoms with Gasteiger partial charge in [-0.1, -0.05) is 38.3 Å². The summed E-state index contributed by atoms with van der Waals surface area (Å²) in [5, 5.41) is 30.0. The van der Waals surface area contributed by atoms with Crippen molar-refractivity contribution in [2.24, 2.45) is 17.6 Å². The minimum absolute atomic E-state index is 0.0370. The van der Waals surface area contributed by atoms with Crippen molar-refractivity contribution in [2.45, 2.75) is 82.5 Å². The van der Waals surface area contributed by atoms with Crippen molar-refractivity contribution in [1.29, 1.82) is 0 Å². The summed E-state index contributed by atoms with van der Waals surface area (Å²) in [6.07, 6.45) is 6.69. The molecule has 0 saturated heterocycles. The number of nitrogens with two attached hydrogens (primary N) is 1. The maximum atomic E-state index is 10.9. The molecule has 5 atom stereocenters. The fraction of sp³-hybridized carbons (Fsp3) is 0.696. The Morgan fingerprint density at radius 1 is 1.34 bits per heavy atom. The van der Waals surface area contributed by atoms with Crippen LogP contribution < -0.4 is 10.5 Å². The van der Waals surface area contributed by atoms with E-state index < -0.39 is 17.6 Å². The zero-order valence-corrected chi connectivity index (χ0v) is 17.3. The Morgan fingerprint density at radius 2 is 2.14 bits per heavy atom. The molecule has 0 spiro atoms. The van der Waals surface area contributed by atoms with Gasteiger partial charge < -0.3 is 25.8 Å². The minimum Gasteiger partial charge on any atom is -0.482 e. The van der Waals surface area contributed by atoms with Gasteiger partial charge >= 0.3 is 5.97 Å². The van der Waals surface area contributed by atoms with Crippen molar-refractivity contribution >= 4 is 5.97 Å². The number of fused-ring (bicyclic) bond motifs is 2. The van der Waals surface area contributed by atoms with Crippen LogP contribution in [0.2, 0.25) is 0 Å². The highest BCUT2D eigenvalue weighted by molar-refractivity contribution is 5.68. The summed E-state index contributed by atoms with van der Waals surface area (Å²) < 4.78 is 5.49. The fourth-order valence-corrected chi connectivity index (χ4v) is 5.35. The van der Waals surface area contributed by atoms with Gasteiger partial charge in [-0.25, -0.2) is 4.79 Å². The molecule has 5 N–H and O–H groups in total. The van der Waals surface area contributed by atoms with E-state index in [-0.39, 0.29) is 24.5 Å². The second-order valence-electron chi connectivity index (χ2n) is 8.90. The molecule has 0 aliphatic heterocycles. The third kappa shape index (κ3) is 4.93. The van der Waals surface area contributed by atoms with E-state index in [4.69, 9.17) is 15.6 Å². The molecular formula is C23H35NO5. The molecule has 2 aliphatic carbocycles. The minimum atomic E-state index is -1.000. The molecule has 0 amide bonds. The van der Waals surface area contributed by atoms with Crippen molar-refractivity contribution < 1.29 is 24.9 Å². The number of rotatable bonds is 10. The zero-order valence-electron chi connectivity index (χ0n) is 17.3. The lowest BCUT2D eigenvalue weighted by molar-refractivity contribution is -0.139. The highest BCUT2D eigenvalue weighted by Gasteiger charge is 2.53. The van der Waals surface area contributed by atoms with Crippen LogP contribution in [0, 0.1) is 11.8 Å². The molecule has 0 heterocycles. The molecule has 6 heteroatoms. The molecule has 3 rings (SSSR count). The summed E-state index contributed by atoms with van der Waals surface area (Å²) in [6, 6.07) is 5.70. The largest absolute Gasteiger partial charge is 0.482 e. The van der Waals surface area contributed by atoms with Gasteiger partial charge in [-0.2, -0.15) is 0 Å². The highest BCUT2D eigenvalue weighted by atomic mass is 16.5. The van der Waals surface area contributed by atoms with Gasteiger partial charge in [0.1, 0.15) is 5.75 Å². The summed E-state index contributed by atoms with van der Waals surface area (Å²) in [5.41, 5.74) is 8.52. The van der Waals surface area contributed by atoms with Crippen LogP contribution in [0.1, 0.15) is 63.0 Å². The number of unbranched alkanes of at least 4 members (excludes halogenated alkanes) is 2. The second-order valence-corrected chi connectivity index (χ2v) is 8.90. The Labute approximate surface area is 173 Å². The van der Waals surface area contributed by atoms with Crippen molar-refractivity contribution in [3.05, 3.63) is 29.3 Å². The van der Waals surface area contributed by atoms with Crippen LogP contribution in [0.25, 0.3) is 0 Å². The van der Waals surface area contributed by atoms with Crippen LogP contribution in [0.3, 0.4) is 0 Å². The SMILES string of the molecule is CCCCC[C@H](O)CC[C@H]1[C@H](O)C[C@@H]2Cc3c(cccc3OCC(=O)O)C[C@@]21N. The highest BCUT2D eigenvalue weighted by Crippen LogP contribution is 2.49. The first-order valence-corrected chi connectivity index (χ1v) is 11.0. The molecule has 1 aromatic carbocycles. The predicted molar refractivity (Wildman–Crippen MR) is 111 cm³/mol. The second kappa shape index (κ2) is 9.45. The number of hydrogen-bond donors (Lipinski definition) is 4. The number of hydrogen-bond acceptors (Lipinski definition) is 5. The van der Waals surface area contributed by atoms with Gasteiger partial charge in [0, 0.05) is 11.5 Å². The Bertz CT molecular complexity index is 709. The van der Waals surface area contributed by atoms with E-state index in [0.29, 0.717) is 31.4 Å². The number of aliphatic hydroxyl groups excluding tert-OH is 2. The number of ether oxygens (including phenoxy) is 1.